The van der Waals surface area contributed by atoms with Crippen molar-refractivity contribution in [3.8, 4) is 0 Å². The second kappa shape index (κ2) is 14.2. The van der Waals surface area contributed by atoms with Gasteiger partial charge in [0.2, 0.25) is 21.8 Å². The van der Waals surface area contributed by atoms with Gasteiger partial charge in [0, 0.05) is 31.1 Å². The van der Waals surface area contributed by atoms with Crippen molar-refractivity contribution in [3.05, 3.63) is 64.9 Å². The zero-order valence-corrected chi connectivity index (χ0v) is 22.6. The molecule has 0 heterocycles. The number of para-hydroxylation sites is 1. The first-order valence-electron chi connectivity index (χ1n) is 12.1. The van der Waals surface area contributed by atoms with Crippen LogP contribution in [-0.2, 0) is 26.2 Å². The molecule has 2 amide bonds. The van der Waals surface area contributed by atoms with Gasteiger partial charge in [-0.3, -0.25) is 13.9 Å². The van der Waals surface area contributed by atoms with Crippen LogP contribution >= 0.6 is 11.6 Å². The van der Waals surface area contributed by atoms with Crippen LogP contribution in [-0.4, -0.2) is 50.5 Å². The first-order chi connectivity index (χ1) is 17.1. The van der Waals surface area contributed by atoms with Gasteiger partial charge in [0.1, 0.15) is 11.9 Å². The highest BCUT2D eigenvalue weighted by Crippen LogP contribution is 2.23. The quantitative estimate of drug-likeness (QED) is 0.351. The van der Waals surface area contributed by atoms with Crippen LogP contribution in [0.2, 0.25) is 5.02 Å². The minimum absolute atomic E-state index is 0.0241. The molecule has 0 aliphatic rings. The molecule has 0 aliphatic carbocycles. The van der Waals surface area contributed by atoms with Crippen LogP contribution in [0.3, 0.4) is 0 Å². The fourth-order valence-electron chi connectivity index (χ4n) is 3.87. The summed E-state index contributed by atoms with van der Waals surface area (Å²) in [6.45, 7) is 4.44. The van der Waals surface area contributed by atoms with Crippen molar-refractivity contribution in [2.75, 3.05) is 23.7 Å². The third-order valence-electron chi connectivity index (χ3n) is 5.79. The van der Waals surface area contributed by atoms with Gasteiger partial charge in [-0.05, 0) is 43.0 Å². The van der Waals surface area contributed by atoms with Crippen LogP contribution in [0.1, 0.15) is 51.5 Å². The van der Waals surface area contributed by atoms with E-state index in [0.29, 0.717) is 23.6 Å². The molecule has 0 bridgehead atoms. The Kier molecular flexibility index (Phi) is 11.7. The van der Waals surface area contributed by atoms with Crippen LogP contribution in [0.4, 0.5) is 10.1 Å². The summed E-state index contributed by atoms with van der Waals surface area (Å²) in [7, 11) is -3.77. The Balaban J connectivity index is 2.22. The molecular formula is C26H35ClFN3O4S. The molecule has 2 aromatic carbocycles. The molecule has 10 heteroatoms. The first-order valence-corrected chi connectivity index (χ1v) is 14.4. The molecule has 0 saturated carbocycles. The van der Waals surface area contributed by atoms with Crippen LogP contribution in [0.5, 0.6) is 0 Å². The van der Waals surface area contributed by atoms with E-state index >= 15 is 0 Å². The van der Waals surface area contributed by atoms with Gasteiger partial charge in [0.25, 0.3) is 0 Å². The number of carbonyl (C=O) groups is 2. The zero-order valence-electron chi connectivity index (χ0n) is 21.0. The number of benzene rings is 2. The van der Waals surface area contributed by atoms with Gasteiger partial charge in [-0.1, -0.05) is 62.2 Å². The van der Waals surface area contributed by atoms with Gasteiger partial charge in [-0.25, -0.2) is 12.8 Å². The van der Waals surface area contributed by atoms with E-state index in [-0.39, 0.29) is 43.4 Å². The average molecular weight is 540 g/mol. The van der Waals surface area contributed by atoms with Gasteiger partial charge in [0.15, 0.2) is 0 Å². The van der Waals surface area contributed by atoms with Crippen molar-refractivity contribution in [3.63, 3.8) is 0 Å². The highest BCUT2D eigenvalue weighted by atomic mass is 35.5. The van der Waals surface area contributed by atoms with E-state index in [1.54, 1.807) is 24.3 Å². The fourth-order valence-corrected chi connectivity index (χ4v) is 5.03. The van der Waals surface area contributed by atoms with Crippen molar-refractivity contribution >= 4 is 39.1 Å². The molecule has 1 atom stereocenters. The largest absolute Gasteiger partial charge is 0.354 e. The van der Waals surface area contributed by atoms with Gasteiger partial charge in [-0.2, -0.15) is 0 Å². The van der Waals surface area contributed by atoms with E-state index in [2.05, 4.69) is 5.32 Å². The van der Waals surface area contributed by atoms with E-state index in [4.69, 9.17) is 11.6 Å². The van der Waals surface area contributed by atoms with Gasteiger partial charge in [0.05, 0.1) is 11.9 Å². The smallest absolute Gasteiger partial charge is 0.242 e. The van der Waals surface area contributed by atoms with Crippen molar-refractivity contribution in [2.45, 2.75) is 58.5 Å². The molecule has 0 aliphatic heterocycles. The lowest BCUT2D eigenvalue weighted by atomic mass is 10.1. The Morgan fingerprint density at radius 3 is 2.33 bits per heavy atom. The predicted molar refractivity (Wildman–Crippen MR) is 142 cm³/mol. The average Bonchev–Trinajstić information content (AvgIpc) is 2.83. The van der Waals surface area contributed by atoms with E-state index < -0.39 is 21.9 Å². The summed E-state index contributed by atoms with van der Waals surface area (Å²) in [6.07, 6.45) is 3.28. The Hall–Kier alpha value is -2.65. The Morgan fingerprint density at radius 1 is 1.06 bits per heavy atom. The molecule has 36 heavy (non-hydrogen) atoms. The number of unbranched alkanes of at least 4 members (excludes halogenated alkanes) is 1. The highest BCUT2D eigenvalue weighted by molar-refractivity contribution is 7.92. The van der Waals surface area contributed by atoms with E-state index in [1.807, 2.05) is 19.9 Å². The molecule has 0 saturated heterocycles. The minimum atomic E-state index is -3.77. The molecule has 198 valence electrons. The predicted octanol–water partition coefficient (Wildman–Crippen LogP) is 4.75. The van der Waals surface area contributed by atoms with Gasteiger partial charge >= 0.3 is 0 Å². The van der Waals surface area contributed by atoms with Crippen molar-refractivity contribution < 1.29 is 22.4 Å². The lowest BCUT2D eigenvalue weighted by Gasteiger charge is -2.31. The van der Waals surface area contributed by atoms with Crippen LogP contribution in [0.25, 0.3) is 0 Å². The standard InChI is InChI=1S/C26H35ClFN3O4S/c1-4-6-17-29-26(33)23(5-2)30(19-20-12-7-8-13-21(20)27)25(32)16-11-18-31(36(3,34)35)24-15-10-9-14-22(24)28/h7-10,12-15,23H,4-6,11,16-19H2,1-3H3,(H,29,33)/t23-/m0/s1. The molecule has 0 fully saturated rings. The Bertz CT molecular complexity index is 1130. The number of nitrogens with zero attached hydrogens (tertiary/aromatic N) is 2. The second-order valence-electron chi connectivity index (χ2n) is 8.57. The summed E-state index contributed by atoms with van der Waals surface area (Å²) >= 11 is 6.33. The molecule has 7 nitrogen and oxygen atoms in total. The summed E-state index contributed by atoms with van der Waals surface area (Å²) in [5.41, 5.74) is 0.638. The number of sulfonamides is 1. The van der Waals surface area contributed by atoms with Crippen LogP contribution < -0.4 is 9.62 Å². The van der Waals surface area contributed by atoms with Crippen molar-refractivity contribution in [2.24, 2.45) is 0 Å². The number of anilines is 1. The lowest BCUT2D eigenvalue weighted by Crippen LogP contribution is -2.49. The summed E-state index contributed by atoms with van der Waals surface area (Å²) in [6, 6.07) is 12.0. The summed E-state index contributed by atoms with van der Waals surface area (Å²) in [5, 5.41) is 3.38. The maximum absolute atomic E-state index is 14.3. The topological polar surface area (TPSA) is 86.8 Å². The number of halogens is 2. The fraction of sp³-hybridized carbons (Fsp3) is 0.462. The minimum Gasteiger partial charge on any atom is -0.354 e. The molecule has 2 rings (SSSR count). The molecular weight excluding hydrogens is 505 g/mol. The number of amides is 2. The van der Waals surface area contributed by atoms with Crippen molar-refractivity contribution in [1.82, 2.24) is 10.2 Å². The zero-order chi connectivity index (χ0) is 26.7. The molecule has 1 N–H and O–H groups in total. The van der Waals surface area contributed by atoms with E-state index in [0.717, 1.165) is 23.4 Å². The van der Waals surface area contributed by atoms with Crippen LogP contribution in [0, 0.1) is 5.82 Å². The third kappa shape index (κ3) is 8.48. The SMILES string of the molecule is CCCCNC(=O)[C@H](CC)N(Cc1ccccc1Cl)C(=O)CCCN(c1ccccc1F)S(C)(=O)=O. The van der Waals surface area contributed by atoms with Crippen molar-refractivity contribution in [1.29, 1.82) is 0 Å². The molecule has 0 unspecified atom stereocenters. The number of rotatable bonds is 14. The number of hydrogen-bond donors (Lipinski definition) is 1. The molecule has 0 spiro atoms. The molecule has 2 aromatic rings. The maximum atomic E-state index is 14.3. The summed E-state index contributed by atoms with van der Waals surface area (Å²) in [4.78, 5) is 27.8. The highest BCUT2D eigenvalue weighted by Gasteiger charge is 2.29. The summed E-state index contributed by atoms with van der Waals surface area (Å²) < 4.78 is 39.9. The number of hydrogen-bond acceptors (Lipinski definition) is 4. The second-order valence-corrected chi connectivity index (χ2v) is 10.9. The number of carbonyl (C=O) groups excluding carboxylic acids is 2. The Morgan fingerprint density at radius 2 is 1.72 bits per heavy atom. The van der Waals surface area contributed by atoms with Crippen LogP contribution in [0.15, 0.2) is 48.5 Å². The molecule has 0 radical (unpaired) electrons. The normalized spacial score (nSPS) is 12.1. The number of nitrogens with one attached hydrogen (secondary N) is 1. The van der Waals surface area contributed by atoms with Gasteiger partial charge < -0.3 is 10.2 Å². The Labute approximate surface area is 218 Å². The monoisotopic (exact) mass is 539 g/mol. The van der Waals surface area contributed by atoms with E-state index in [1.165, 1.54) is 23.1 Å². The maximum Gasteiger partial charge on any atom is 0.242 e. The lowest BCUT2D eigenvalue weighted by molar-refractivity contribution is -0.141. The third-order valence-corrected chi connectivity index (χ3v) is 7.34. The first kappa shape index (κ1) is 29.6. The van der Waals surface area contributed by atoms with E-state index in [9.17, 15) is 22.4 Å². The summed E-state index contributed by atoms with van der Waals surface area (Å²) in [5.74, 6) is -1.21. The molecule has 0 aromatic heterocycles. The van der Waals surface area contributed by atoms with Gasteiger partial charge in [-0.15, -0.1) is 0 Å².